The Morgan fingerprint density at radius 1 is 1.28 bits per heavy atom. The zero-order valence-corrected chi connectivity index (χ0v) is 11.6. The molecule has 0 atom stereocenters. The minimum atomic E-state index is -3.39. The van der Waals surface area contributed by atoms with Gasteiger partial charge < -0.3 is 5.32 Å². The maximum absolute atomic E-state index is 12.4. The van der Waals surface area contributed by atoms with E-state index >= 15 is 0 Å². The maximum atomic E-state index is 12.4. The van der Waals surface area contributed by atoms with Crippen LogP contribution in [0.2, 0.25) is 0 Å². The fraction of sp³-hybridized carbons (Fsp3) is 0.583. The summed E-state index contributed by atoms with van der Waals surface area (Å²) in [6, 6.07) is 1.73. The van der Waals surface area contributed by atoms with Gasteiger partial charge in [0.05, 0.1) is 0 Å². The highest BCUT2D eigenvalue weighted by Crippen LogP contribution is 2.20. The second-order valence-corrected chi connectivity index (χ2v) is 6.70. The van der Waals surface area contributed by atoms with Crippen molar-refractivity contribution in [3.05, 3.63) is 24.0 Å². The lowest BCUT2D eigenvalue weighted by atomic mass is 10.1. The molecule has 6 heteroatoms. The molecule has 2 heterocycles. The number of rotatable bonds is 3. The van der Waals surface area contributed by atoms with Crippen molar-refractivity contribution < 1.29 is 8.42 Å². The average molecular weight is 269 g/mol. The number of nitrogens with one attached hydrogen (secondary N) is 1. The highest BCUT2D eigenvalue weighted by molar-refractivity contribution is 7.89. The molecule has 0 aromatic carbocycles. The molecule has 1 fully saturated rings. The van der Waals surface area contributed by atoms with Crippen molar-refractivity contribution in [3.63, 3.8) is 0 Å². The molecule has 0 unspecified atom stereocenters. The Kier molecular flexibility index (Phi) is 3.99. The number of aromatic nitrogens is 1. The summed E-state index contributed by atoms with van der Waals surface area (Å²) in [6.07, 6.45) is 3.16. The van der Waals surface area contributed by atoms with Crippen LogP contribution >= 0.6 is 0 Å². The van der Waals surface area contributed by atoms with Gasteiger partial charge in [-0.3, -0.25) is 4.98 Å². The third-order valence-corrected chi connectivity index (χ3v) is 4.98. The van der Waals surface area contributed by atoms with Crippen molar-refractivity contribution in [3.8, 4) is 0 Å². The Bertz CT molecular complexity index is 508. The molecule has 0 aliphatic carbocycles. The normalized spacial score (nSPS) is 18.2. The summed E-state index contributed by atoms with van der Waals surface area (Å²) < 4.78 is 26.4. The zero-order chi connectivity index (χ0) is 13.2. The van der Waals surface area contributed by atoms with Gasteiger partial charge in [-0.05, 0) is 17.5 Å². The fourth-order valence-electron chi connectivity index (χ4n) is 1.93. The lowest BCUT2D eigenvalue weighted by Gasteiger charge is -2.26. The maximum Gasteiger partial charge on any atom is 0.244 e. The van der Waals surface area contributed by atoms with E-state index in [4.69, 9.17) is 0 Å². The molecule has 5 nitrogen and oxygen atoms in total. The molecule has 1 aromatic rings. The monoisotopic (exact) mass is 269 g/mol. The molecule has 2 rings (SSSR count). The minimum absolute atomic E-state index is 0.274. The summed E-state index contributed by atoms with van der Waals surface area (Å²) in [5, 5.41) is 3.15. The van der Waals surface area contributed by atoms with Crippen molar-refractivity contribution in [2.45, 2.75) is 24.7 Å². The van der Waals surface area contributed by atoms with Gasteiger partial charge >= 0.3 is 0 Å². The van der Waals surface area contributed by atoms with E-state index in [1.54, 1.807) is 12.3 Å². The number of pyridine rings is 1. The van der Waals surface area contributed by atoms with E-state index in [1.165, 1.54) is 10.5 Å². The van der Waals surface area contributed by atoms with Gasteiger partial charge in [-0.1, -0.05) is 13.8 Å². The summed E-state index contributed by atoms with van der Waals surface area (Å²) in [4.78, 5) is 4.35. The molecule has 100 valence electrons. The first-order valence-electron chi connectivity index (χ1n) is 6.17. The molecule has 0 bridgehead atoms. The van der Waals surface area contributed by atoms with E-state index in [9.17, 15) is 8.42 Å². The van der Waals surface area contributed by atoms with Gasteiger partial charge in [-0.25, -0.2) is 8.42 Å². The molecule has 0 radical (unpaired) electrons. The first kappa shape index (κ1) is 13.5. The van der Waals surface area contributed by atoms with E-state index in [0.29, 0.717) is 31.1 Å². The number of nitrogens with zero attached hydrogens (tertiary/aromatic N) is 2. The zero-order valence-electron chi connectivity index (χ0n) is 10.8. The standard InChI is InChI=1S/C12H19N3O2S/c1-10(2)11-7-12(9-14-8-11)18(16,17)15-5-3-13-4-6-15/h7-10,13H,3-6H2,1-2H3. The van der Waals surface area contributed by atoms with Crippen LogP contribution in [0.15, 0.2) is 23.4 Å². The molecule has 1 N–H and O–H groups in total. The average Bonchev–Trinajstić information content (AvgIpc) is 2.40. The molecular weight excluding hydrogens is 250 g/mol. The SMILES string of the molecule is CC(C)c1cncc(S(=O)(=O)N2CCNCC2)c1. The Balaban J connectivity index is 2.31. The number of hydrogen-bond donors (Lipinski definition) is 1. The van der Waals surface area contributed by atoms with Gasteiger partial charge in [-0.15, -0.1) is 0 Å². The van der Waals surface area contributed by atoms with Crippen LogP contribution in [0.3, 0.4) is 0 Å². The van der Waals surface area contributed by atoms with Gasteiger partial charge in [0, 0.05) is 38.6 Å². The molecular formula is C12H19N3O2S. The predicted molar refractivity (Wildman–Crippen MR) is 70.0 cm³/mol. The van der Waals surface area contributed by atoms with E-state index < -0.39 is 10.0 Å². The van der Waals surface area contributed by atoms with Crippen LogP contribution in [0, 0.1) is 0 Å². The van der Waals surface area contributed by atoms with E-state index in [2.05, 4.69) is 10.3 Å². The summed E-state index contributed by atoms with van der Waals surface area (Å²) in [5.74, 6) is 0.274. The molecule has 1 saturated heterocycles. The molecule has 18 heavy (non-hydrogen) atoms. The van der Waals surface area contributed by atoms with Crippen molar-refractivity contribution in [1.29, 1.82) is 0 Å². The third-order valence-electron chi connectivity index (χ3n) is 3.11. The predicted octanol–water partition coefficient (Wildman–Crippen LogP) is 0.799. The summed E-state index contributed by atoms with van der Waals surface area (Å²) in [6.45, 7) is 6.51. The first-order valence-corrected chi connectivity index (χ1v) is 7.61. The topological polar surface area (TPSA) is 62.3 Å². The van der Waals surface area contributed by atoms with Gasteiger partial charge in [0.2, 0.25) is 10.0 Å². The summed E-state index contributed by atoms with van der Waals surface area (Å²) in [7, 11) is -3.39. The molecule has 1 aromatic heterocycles. The second-order valence-electron chi connectivity index (χ2n) is 4.76. The Hall–Kier alpha value is -0.980. The Labute approximate surface area is 108 Å². The number of hydrogen-bond acceptors (Lipinski definition) is 4. The van der Waals surface area contributed by atoms with E-state index in [1.807, 2.05) is 13.8 Å². The van der Waals surface area contributed by atoms with E-state index in [0.717, 1.165) is 5.56 Å². The van der Waals surface area contributed by atoms with Crippen LogP contribution in [0.5, 0.6) is 0 Å². The van der Waals surface area contributed by atoms with Crippen LogP contribution < -0.4 is 5.32 Å². The molecule has 0 spiro atoms. The van der Waals surface area contributed by atoms with Crippen LogP contribution in [0.1, 0.15) is 25.3 Å². The van der Waals surface area contributed by atoms with Crippen LogP contribution in [-0.4, -0.2) is 43.9 Å². The second kappa shape index (κ2) is 5.34. The molecule has 0 amide bonds. The van der Waals surface area contributed by atoms with Gasteiger partial charge in [0.15, 0.2) is 0 Å². The van der Waals surface area contributed by atoms with Crippen LogP contribution in [0.25, 0.3) is 0 Å². The quantitative estimate of drug-likeness (QED) is 0.881. The lowest BCUT2D eigenvalue weighted by Crippen LogP contribution is -2.46. The van der Waals surface area contributed by atoms with Crippen LogP contribution in [0.4, 0.5) is 0 Å². The lowest BCUT2D eigenvalue weighted by molar-refractivity contribution is 0.360. The molecule has 1 aliphatic heterocycles. The number of piperazine rings is 1. The first-order chi connectivity index (χ1) is 8.51. The minimum Gasteiger partial charge on any atom is -0.314 e. The van der Waals surface area contributed by atoms with Crippen molar-refractivity contribution in [2.75, 3.05) is 26.2 Å². The van der Waals surface area contributed by atoms with Gasteiger partial charge in [0.25, 0.3) is 0 Å². The Morgan fingerprint density at radius 3 is 2.56 bits per heavy atom. The smallest absolute Gasteiger partial charge is 0.244 e. The summed E-state index contributed by atoms with van der Waals surface area (Å²) in [5.41, 5.74) is 0.950. The van der Waals surface area contributed by atoms with Crippen molar-refractivity contribution >= 4 is 10.0 Å². The van der Waals surface area contributed by atoms with Gasteiger partial charge in [0.1, 0.15) is 4.90 Å². The molecule has 1 aliphatic rings. The van der Waals surface area contributed by atoms with Crippen molar-refractivity contribution in [1.82, 2.24) is 14.6 Å². The van der Waals surface area contributed by atoms with Crippen molar-refractivity contribution in [2.24, 2.45) is 0 Å². The van der Waals surface area contributed by atoms with Gasteiger partial charge in [-0.2, -0.15) is 4.31 Å². The number of sulfonamides is 1. The Morgan fingerprint density at radius 2 is 1.94 bits per heavy atom. The van der Waals surface area contributed by atoms with Crippen LogP contribution in [-0.2, 0) is 10.0 Å². The molecule has 0 saturated carbocycles. The highest BCUT2D eigenvalue weighted by atomic mass is 32.2. The largest absolute Gasteiger partial charge is 0.314 e. The summed E-state index contributed by atoms with van der Waals surface area (Å²) >= 11 is 0. The highest BCUT2D eigenvalue weighted by Gasteiger charge is 2.26. The van der Waals surface area contributed by atoms with E-state index in [-0.39, 0.29) is 5.92 Å². The fourth-order valence-corrected chi connectivity index (χ4v) is 3.37. The third kappa shape index (κ3) is 2.71.